The van der Waals surface area contributed by atoms with Gasteiger partial charge in [0.1, 0.15) is 17.0 Å². The number of amides is 1. The van der Waals surface area contributed by atoms with Gasteiger partial charge in [-0.25, -0.2) is 0 Å². The highest BCUT2D eigenvalue weighted by molar-refractivity contribution is 5.93. The molecule has 0 spiro atoms. The van der Waals surface area contributed by atoms with Crippen molar-refractivity contribution in [3.8, 4) is 11.1 Å². The van der Waals surface area contributed by atoms with Crippen LogP contribution in [0.4, 0.5) is 0 Å². The van der Waals surface area contributed by atoms with Gasteiger partial charge in [-0.2, -0.15) is 0 Å². The fraction of sp³-hybridized carbons (Fsp3) is 0.462. The van der Waals surface area contributed by atoms with Crippen molar-refractivity contribution < 1.29 is 13.9 Å². The summed E-state index contributed by atoms with van der Waals surface area (Å²) in [5.74, 6) is 1.00. The number of rotatable bonds is 5. The van der Waals surface area contributed by atoms with E-state index in [0.29, 0.717) is 44.1 Å². The van der Waals surface area contributed by atoms with Crippen molar-refractivity contribution >= 4 is 16.9 Å². The fourth-order valence-corrected chi connectivity index (χ4v) is 4.95. The molecule has 3 aromatic rings. The van der Waals surface area contributed by atoms with Gasteiger partial charge < -0.3 is 14.1 Å². The van der Waals surface area contributed by atoms with Crippen molar-refractivity contribution in [1.29, 1.82) is 0 Å². The summed E-state index contributed by atoms with van der Waals surface area (Å²) in [4.78, 5) is 21.4. The Bertz CT molecular complexity index is 1080. The maximum absolute atomic E-state index is 12.6. The van der Waals surface area contributed by atoms with E-state index in [1.165, 1.54) is 12.8 Å². The number of hydrogen-bond donors (Lipinski definition) is 0. The van der Waals surface area contributed by atoms with E-state index in [1.54, 1.807) is 11.1 Å². The van der Waals surface area contributed by atoms with Gasteiger partial charge >= 0.3 is 0 Å². The zero-order valence-electron chi connectivity index (χ0n) is 18.9. The van der Waals surface area contributed by atoms with Crippen LogP contribution in [0, 0.1) is 0 Å². The summed E-state index contributed by atoms with van der Waals surface area (Å²) >= 11 is 0. The minimum atomic E-state index is -0.0311. The number of morpholine rings is 1. The highest BCUT2D eigenvalue weighted by Gasteiger charge is 2.26. The normalized spacial score (nSPS) is 22.0. The second kappa shape index (κ2) is 9.04. The molecule has 2 aliphatic heterocycles. The van der Waals surface area contributed by atoms with Crippen LogP contribution in [0.3, 0.4) is 0 Å². The Morgan fingerprint density at radius 2 is 1.78 bits per heavy atom. The van der Waals surface area contributed by atoms with Gasteiger partial charge in [-0.05, 0) is 56.5 Å². The summed E-state index contributed by atoms with van der Waals surface area (Å²) in [5.41, 5.74) is 3.46. The van der Waals surface area contributed by atoms with Crippen LogP contribution in [0.15, 0.2) is 47.0 Å². The van der Waals surface area contributed by atoms with Crippen LogP contribution in [-0.4, -0.2) is 65.6 Å². The first-order chi connectivity index (χ1) is 15.6. The third-order valence-electron chi connectivity index (χ3n) is 6.93. The van der Waals surface area contributed by atoms with Crippen molar-refractivity contribution in [1.82, 2.24) is 14.8 Å². The van der Waals surface area contributed by atoms with Crippen LogP contribution in [-0.2, 0) is 11.2 Å². The Morgan fingerprint density at radius 3 is 2.50 bits per heavy atom. The molecule has 2 aromatic heterocycles. The monoisotopic (exact) mass is 433 g/mol. The lowest BCUT2D eigenvalue weighted by atomic mass is 10.1. The number of benzene rings is 1. The first-order valence-electron chi connectivity index (χ1n) is 11.7. The molecule has 1 aromatic carbocycles. The molecule has 168 valence electrons. The summed E-state index contributed by atoms with van der Waals surface area (Å²) in [6.07, 6.45) is 5.29. The number of ether oxygens (including phenoxy) is 1. The van der Waals surface area contributed by atoms with Crippen LogP contribution in [0.1, 0.15) is 42.9 Å². The molecule has 2 saturated heterocycles. The number of carbonyl (C=O) groups excluding carboxylic acids is 1. The average Bonchev–Trinajstić information content (AvgIpc) is 3.39. The van der Waals surface area contributed by atoms with Crippen molar-refractivity contribution in [3.05, 3.63) is 54.0 Å². The van der Waals surface area contributed by atoms with Crippen LogP contribution in [0.25, 0.3) is 22.1 Å². The van der Waals surface area contributed by atoms with Gasteiger partial charge in [-0.1, -0.05) is 12.1 Å². The van der Waals surface area contributed by atoms with Crippen molar-refractivity contribution in [3.63, 3.8) is 0 Å². The van der Waals surface area contributed by atoms with E-state index in [9.17, 15) is 4.79 Å². The molecule has 0 N–H and O–H groups in total. The molecule has 2 fully saturated rings. The predicted octanol–water partition coefficient (Wildman–Crippen LogP) is 4.38. The number of hydrogen-bond acceptors (Lipinski definition) is 5. The molecule has 2 aliphatic rings. The maximum Gasteiger partial charge on any atom is 0.272 e. The molecule has 2 atom stereocenters. The number of fused-ring (bicyclic) bond motifs is 1. The average molecular weight is 434 g/mol. The zero-order valence-corrected chi connectivity index (χ0v) is 18.9. The van der Waals surface area contributed by atoms with E-state index in [2.05, 4.69) is 41.9 Å². The predicted molar refractivity (Wildman–Crippen MR) is 125 cm³/mol. The van der Waals surface area contributed by atoms with Crippen LogP contribution < -0.4 is 0 Å². The molecule has 6 nitrogen and oxygen atoms in total. The van der Waals surface area contributed by atoms with E-state index in [0.717, 1.165) is 40.8 Å². The molecule has 0 bridgehead atoms. The Kier molecular flexibility index (Phi) is 5.98. The summed E-state index contributed by atoms with van der Waals surface area (Å²) in [5, 5.41) is 1.11. The second-order valence-electron chi connectivity index (χ2n) is 9.07. The van der Waals surface area contributed by atoms with Crippen molar-refractivity contribution in [2.24, 2.45) is 0 Å². The molecule has 0 aliphatic carbocycles. The quantitative estimate of drug-likeness (QED) is 0.598. The number of furan rings is 1. The van der Waals surface area contributed by atoms with Gasteiger partial charge in [0, 0.05) is 55.3 Å². The molecule has 0 unspecified atom stereocenters. The number of nitrogens with zero attached hydrogens (tertiary/aromatic N) is 3. The highest BCUT2D eigenvalue weighted by atomic mass is 16.5. The summed E-state index contributed by atoms with van der Waals surface area (Å²) < 4.78 is 11.4. The maximum atomic E-state index is 12.6. The Labute approximate surface area is 189 Å². The van der Waals surface area contributed by atoms with Gasteiger partial charge in [0.15, 0.2) is 0 Å². The lowest BCUT2D eigenvalue weighted by Crippen LogP contribution is -2.41. The molecule has 4 heterocycles. The van der Waals surface area contributed by atoms with E-state index in [4.69, 9.17) is 9.15 Å². The lowest BCUT2D eigenvalue weighted by molar-refractivity contribution is 0.0299. The van der Waals surface area contributed by atoms with Crippen molar-refractivity contribution in [2.45, 2.75) is 45.2 Å². The van der Waals surface area contributed by atoms with Crippen molar-refractivity contribution in [2.75, 3.05) is 32.8 Å². The zero-order chi connectivity index (χ0) is 22.1. The Morgan fingerprint density at radius 1 is 1.03 bits per heavy atom. The minimum Gasteiger partial charge on any atom is -0.461 e. The van der Waals surface area contributed by atoms with Gasteiger partial charge in [0.05, 0.1) is 13.2 Å². The molecule has 6 heteroatoms. The van der Waals surface area contributed by atoms with E-state index in [1.807, 2.05) is 18.2 Å². The van der Waals surface area contributed by atoms with Crippen LogP contribution in [0.2, 0.25) is 0 Å². The van der Waals surface area contributed by atoms with Gasteiger partial charge in [-0.3, -0.25) is 14.7 Å². The SMILES string of the molecule is C[C@@H]1CC[C@@H](C)N1CCc1cc2cc(-c3ccc(C(=O)N4CCOCC4)nc3)ccc2o1. The molecular formula is C26H31N3O3. The molecule has 5 rings (SSSR count). The Hall–Kier alpha value is -2.70. The number of carbonyl (C=O) groups is 1. The van der Waals surface area contributed by atoms with E-state index in [-0.39, 0.29) is 5.91 Å². The molecular weight excluding hydrogens is 402 g/mol. The van der Waals surface area contributed by atoms with E-state index < -0.39 is 0 Å². The smallest absolute Gasteiger partial charge is 0.272 e. The number of pyridine rings is 1. The number of aromatic nitrogens is 1. The topological polar surface area (TPSA) is 58.8 Å². The first-order valence-corrected chi connectivity index (χ1v) is 11.7. The highest BCUT2D eigenvalue weighted by Crippen LogP contribution is 2.28. The molecule has 0 saturated carbocycles. The largest absolute Gasteiger partial charge is 0.461 e. The molecule has 1 amide bonds. The van der Waals surface area contributed by atoms with Gasteiger partial charge in [-0.15, -0.1) is 0 Å². The standard InChI is InChI=1S/C26H31N3O3/c1-18-3-4-19(2)29(18)10-9-23-16-22-15-20(6-8-25(22)32-23)21-5-7-24(27-17-21)26(30)28-11-13-31-14-12-28/h5-8,15-19H,3-4,9-14H2,1-2H3/t18-,19-/m1/s1. The second-order valence-corrected chi connectivity index (χ2v) is 9.07. The summed E-state index contributed by atoms with van der Waals surface area (Å²) in [6, 6.07) is 13.5. The summed E-state index contributed by atoms with van der Waals surface area (Å²) in [6.45, 7) is 8.11. The van der Waals surface area contributed by atoms with E-state index >= 15 is 0 Å². The first kappa shape index (κ1) is 21.2. The minimum absolute atomic E-state index is 0.0311. The third kappa shape index (κ3) is 4.30. The number of likely N-dealkylation sites (tertiary alicyclic amines) is 1. The van der Waals surface area contributed by atoms with Gasteiger partial charge in [0.25, 0.3) is 5.91 Å². The van der Waals surface area contributed by atoms with Crippen LogP contribution >= 0.6 is 0 Å². The van der Waals surface area contributed by atoms with Crippen LogP contribution in [0.5, 0.6) is 0 Å². The summed E-state index contributed by atoms with van der Waals surface area (Å²) in [7, 11) is 0. The Balaban J connectivity index is 1.28. The molecule has 32 heavy (non-hydrogen) atoms. The third-order valence-corrected chi connectivity index (χ3v) is 6.93. The molecule has 0 radical (unpaired) electrons. The lowest BCUT2D eigenvalue weighted by Gasteiger charge is -2.26. The fourth-order valence-electron chi connectivity index (χ4n) is 4.95. The van der Waals surface area contributed by atoms with Gasteiger partial charge in [0.2, 0.25) is 0 Å².